The number of alkyl halides is 5. The molecule has 45 heavy (non-hydrogen) atoms. The summed E-state index contributed by atoms with van der Waals surface area (Å²) in [6.45, 7) is 3.54. The van der Waals surface area contributed by atoms with Crippen molar-refractivity contribution < 1.29 is 40.7 Å². The largest absolute Gasteiger partial charge is 0.419 e. The number of hydrogen-bond acceptors (Lipinski definition) is 4. The molecule has 14 heteroatoms. The maximum Gasteiger partial charge on any atom is 0.419 e. The average molecular weight is 709 g/mol. The van der Waals surface area contributed by atoms with Crippen LogP contribution in [0.4, 0.5) is 32.0 Å². The van der Waals surface area contributed by atoms with Crippen LogP contribution in [-0.2, 0) is 28.6 Å². The summed E-state index contributed by atoms with van der Waals surface area (Å²) >= 11 is 19.9. The van der Waals surface area contributed by atoms with Crippen LogP contribution in [0.25, 0.3) is 0 Å². The van der Waals surface area contributed by atoms with Gasteiger partial charge in [-0.2, -0.15) is 13.2 Å². The highest BCUT2D eigenvalue weighted by Gasteiger charge is 2.67. The van der Waals surface area contributed by atoms with Gasteiger partial charge in [0.1, 0.15) is 27.6 Å². The molecule has 1 N–H and O–H groups in total. The van der Waals surface area contributed by atoms with Gasteiger partial charge >= 0.3 is 6.18 Å². The van der Waals surface area contributed by atoms with Gasteiger partial charge in [0, 0.05) is 41.3 Å². The second-order valence-corrected chi connectivity index (χ2v) is 13.1. The molecule has 0 saturated heterocycles. The molecule has 238 valence electrons. The van der Waals surface area contributed by atoms with Gasteiger partial charge in [-0.25, -0.2) is 13.2 Å². The number of amides is 1. The van der Waals surface area contributed by atoms with Crippen molar-refractivity contribution in [2.75, 3.05) is 16.8 Å². The number of nitrogens with one attached hydrogen (secondary N) is 1. The summed E-state index contributed by atoms with van der Waals surface area (Å²) < 4.78 is 81.2. The second-order valence-electron chi connectivity index (χ2n) is 10.2. The van der Waals surface area contributed by atoms with Gasteiger partial charge in [-0.05, 0) is 47.5 Å². The molecular formula is C31H22Cl3F6NO3S. The van der Waals surface area contributed by atoms with Gasteiger partial charge in [0.15, 0.2) is 5.78 Å². The average Bonchev–Trinajstić information content (AvgIpc) is 3.55. The van der Waals surface area contributed by atoms with E-state index in [1.807, 2.05) is 0 Å². The van der Waals surface area contributed by atoms with E-state index in [1.165, 1.54) is 30.0 Å². The van der Waals surface area contributed by atoms with E-state index in [2.05, 4.69) is 11.9 Å². The molecule has 3 aromatic carbocycles. The van der Waals surface area contributed by atoms with E-state index in [4.69, 9.17) is 34.8 Å². The second kappa shape index (κ2) is 13.8. The van der Waals surface area contributed by atoms with Gasteiger partial charge in [-0.3, -0.25) is 14.4 Å². The van der Waals surface area contributed by atoms with Gasteiger partial charge in [0.2, 0.25) is 5.91 Å². The zero-order valence-corrected chi connectivity index (χ0v) is 26.0. The molecule has 1 amide bonds. The first-order chi connectivity index (χ1) is 21.1. The number of ketones is 2. The van der Waals surface area contributed by atoms with Crippen molar-refractivity contribution in [1.82, 2.24) is 0 Å². The van der Waals surface area contributed by atoms with Crippen molar-refractivity contribution >= 4 is 69.7 Å². The fraction of sp³-hybridized carbons (Fsp3) is 0.258. The molecule has 4 nitrogen and oxygen atoms in total. The van der Waals surface area contributed by atoms with E-state index in [0.717, 1.165) is 18.2 Å². The molecule has 2 atom stereocenters. The minimum absolute atomic E-state index is 0.0246. The Hall–Kier alpha value is -2.99. The molecule has 3 aromatic rings. The summed E-state index contributed by atoms with van der Waals surface area (Å²) in [5.41, 5.74) is -2.36. The van der Waals surface area contributed by atoms with Crippen molar-refractivity contribution in [3.8, 4) is 0 Å². The third-order valence-electron chi connectivity index (χ3n) is 7.01. The molecule has 0 spiro atoms. The quantitative estimate of drug-likeness (QED) is 0.0672. The van der Waals surface area contributed by atoms with Crippen molar-refractivity contribution in [2.24, 2.45) is 5.92 Å². The van der Waals surface area contributed by atoms with Crippen molar-refractivity contribution in [1.29, 1.82) is 0 Å². The van der Waals surface area contributed by atoms with E-state index in [0.29, 0.717) is 17.9 Å². The lowest BCUT2D eigenvalue weighted by molar-refractivity contribution is -0.140. The monoisotopic (exact) mass is 707 g/mol. The fourth-order valence-electron chi connectivity index (χ4n) is 4.78. The third kappa shape index (κ3) is 7.88. The number of hydrogen-bond donors (Lipinski definition) is 1. The Kier molecular flexibility index (Phi) is 10.7. The lowest BCUT2D eigenvalue weighted by Crippen LogP contribution is -2.18. The maximum atomic E-state index is 15.2. The molecule has 0 bridgehead atoms. The van der Waals surface area contributed by atoms with Crippen LogP contribution >= 0.6 is 46.6 Å². The predicted molar refractivity (Wildman–Crippen MR) is 163 cm³/mol. The number of carbonyl (C=O) groups is 3. The van der Waals surface area contributed by atoms with Crippen LogP contribution in [0.1, 0.15) is 38.5 Å². The Morgan fingerprint density at radius 2 is 1.67 bits per heavy atom. The van der Waals surface area contributed by atoms with Crippen molar-refractivity contribution in [3.05, 3.63) is 111 Å². The minimum atomic E-state index is -4.99. The smallest absolute Gasteiger partial charge is 0.326 e. The first kappa shape index (κ1) is 34.9. The number of rotatable bonds is 12. The number of halogens is 9. The van der Waals surface area contributed by atoms with E-state index < -0.39 is 81.2 Å². The van der Waals surface area contributed by atoms with Gasteiger partial charge < -0.3 is 5.32 Å². The Morgan fingerprint density at radius 1 is 0.978 bits per heavy atom. The van der Waals surface area contributed by atoms with Crippen LogP contribution in [0.5, 0.6) is 0 Å². The maximum absolute atomic E-state index is 15.2. The zero-order valence-electron chi connectivity index (χ0n) is 22.9. The standard InChI is InChI=1S/C31H22Cl3F6NO3S/c1-2-9-45-14-18(42)13-20-23(35)7-4-16(28(20)37)11-25(43)19-12-17(5-6-22(19)32)41-29(44)27-26(30(27,33)34)15-3-8-24(36)21(10-15)31(38,39)40/h2-8,10,12,26-27H,1,9,11,13-14H2,(H,41,44)/t26-,27+/m0/s1. The fourth-order valence-corrected chi connectivity index (χ4v) is 6.44. The SMILES string of the molecule is C=CCSCC(=O)Cc1c(F)ccc(CC(=O)c2cc(NC(=O)[C@H]3[C@H](c4ccc(F)c(C(F)(F)F)c4)C3(Cl)Cl)ccc2Cl)c1F. The van der Waals surface area contributed by atoms with Crippen LogP contribution < -0.4 is 5.32 Å². The molecular weight excluding hydrogens is 687 g/mol. The summed E-state index contributed by atoms with van der Waals surface area (Å²) in [7, 11) is 0. The Bertz CT molecular complexity index is 1680. The first-order valence-corrected chi connectivity index (χ1v) is 15.4. The molecule has 0 radical (unpaired) electrons. The predicted octanol–water partition coefficient (Wildman–Crippen LogP) is 8.76. The lowest BCUT2D eigenvalue weighted by atomic mass is 9.98. The normalized spacial score (nSPS) is 17.1. The van der Waals surface area contributed by atoms with Crippen molar-refractivity contribution in [3.63, 3.8) is 0 Å². The Balaban J connectivity index is 1.49. The summed E-state index contributed by atoms with van der Waals surface area (Å²) in [5, 5.41) is 2.44. The van der Waals surface area contributed by atoms with Crippen LogP contribution in [0.15, 0.2) is 61.2 Å². The summed E-state index contributed by atoms with van der Waals surface area (Å²) in [6, 6.07) is 8.07. The Labute approximate surface area is 273 Å². The van der Waals surface area contributed by atoms with Gasteiger partial charge in [-0.1, -0.05) is 29.8 Å². The third-order valence-corrected chi connectivity index (χ3v) is 9.28. The summed E-state index contributed by atoms with van der Waals surface area (Å²) in [6.07, 6.45) is -4.46. The van der Waals surface area contributed by atoms with Crippen LogP contribution in [0.2, 0.25) is 5.02 Å². The highest BCUT2D eigenvalue weighted by molar-refractivity contribution is 8.00. The highest BCUT2D eigenvalue weighted by atomic mass is 35.5. The molecule has 1 aliphatic carbocycles. The van der Waals surface area contributed by atoms with E-state index in [-0.39, 0.29) is 33.2 Å². The number of anilines is 1. The van der Waals surface area contributed by atoms with Crippen LogP contribution in [0, 0.1) is 23.4 Å². The molecule has 0 unspecified atom stereocenters. The Morgan fingerprint density at radius 3 is 2.33 bits per heavy atom. The number of Topliss-reactive ketones (excluding diaryl/α,β-unsaturated/α-hetero) is 2. The van der Waals surface area contributed by atoms with E-state index >= 15 is 4.39 Å². The summed E-state index contributed by atoms with van der Waals surface area (Å²) in [5.74, 6) is -7.19. The molecule has 1 fully saturated rings. The molecule has 0 aromatic heterocycles. The lowest BCUT2D eigenvalue weighted by Gasteiger charge is -2.12. The van der Waals surface area contributed by atoms with Crippen LogP contribution in [0.3, 0.4) is 0 Å². The van der Waals surface area contributed by atoms with E-state index in [1.54, 1.807) is 6.08 Å². The van der Waals surface area contributed by atoms with Crippen LogP contribution in [-0.4, -0.2) is 33.3 Å². The zero-order chi connectivity index (χ0) is 33.3. The minimum Gasteiger partial charge on any atom is -0.326 e. The summed E-state index contributed by atoms with van der Waals surface area (Å²) in [4.78, 5) is 38.4. The topological polar surface area (TPSA) is 63.2 Å². The molecule has 1 aliphatic rings. The van der Waals surface area contributed by atoms with Gasteiger partial charge in [-0.15, -0.1) is 41.5 Å². The number of benzene rings is 3. The molecule has 1 saturated carbocycles. The van der Waals surface area contributed by atoms with Crippen molar-refractivity contribution in [2.45, 2.75) is 29.3 Å². The number of carbonyl (C=O) groups excluding carboxylic acids is 3. The van der Waals surface area contributed by atoms with E-state index in [9.17, 15) is 36.3 Å². The van der Waals surface area contributed by atoms with Gasteiger partial charge in [0.05, 0.1) is 22.3 Å². The molecule has 0 heterocycles. The highest BCUT2D eigenvalue weighted by Crippen LogP contribution is 2.65. The number of thioether (sulfide) groups is 1. The van der Waals surface area contributed by atoms with Gasteiger partial charge in [0.25, 0.3) is 0 Å². The molecule has 0 aliphatic heterocycles. The first-order valence-electron chi connectivity index (χ1n) is 13.1. The molecule has 4 rings (SSSR count).